The predicted octanol–water partition coefficient (Wildman–Crippen LogP) is 4.13. The van der Waals surface area contributed by atoms with Gasteiger partial charge in [-0.25, -0.2) is 9.89 Å². The van der Waals surface area contributed by atoms with E-state index in [0.717, 1.165) is 10.0 Å². The van der Waals surface area contributed by atoms with Gasteiger partial charge in [0.15, 0.2) is 0 Å². The third-order valence-electron chi connectivity index (χ3n) is 4.37. The maximum atomic E-state index is 13.1. The third-order valence-corrected chi connectivity index (χ3v) is 4.90. The van der Waals surface area contributed by atoms with Crippen LogP contribution in [0.4, 0.5) is 5.69 Å². The highest BCUT2D eigenvalue weighted by Gasteiger charge is 2.32. The summed E-state index contributed by atoms with van der Waals surface area (Å²) in [5, 5.41) is 0. The highest BCUT2D eigenvalue weighted by Crippen LogP contribution is 2.24. The number of hydrogen-bond acceptors (Lipinski definition) is 4. The number of guanidine groups is 1. The van der Waals surface area contributed by atoms with Crippen molar-refractivity contribution in [3.63, 3.8) is 0 Å². The number of hydrogen-bond donors (Lipinski definition) is 2. The minimum absolute atomic E-state index is 0.221. The van der Waals surface area contributed by atoms with Gasteiger partial charge in [-0.2, -0.15) is 0 Å². The number of hydrazine groups is 1. The van der Waals surface area contributed by atoms with E-state index in [1.54, 1.807) is 42.5 Å². The quantitative estimate of drug-likeness (QED) is 0.455. The molecule has 0 spiro atoms. The molecule has 0 saturated carbocycles. The van der Waals surface area contributed by atoms with Crippen molar-refractivity contribution in [3.8, 4) is 0 Å². The standard InChI is InChI=1S/C23H17BrN4O2/c24-18-13-11-17(12-14-18)21(29)26-27-23-25-20(15-16-7-3-1-4-8-16)22(30)28(23)19-9-5-2-6-10-19/h1-15H,(H,25,27)(H,26,29). The van der Waals surface area contributed by atoms with Gasteiger partial charge in [0.05, 0.1) is 5.69 Å². The largest absolute Gasteiger partial charge is 0.283 e. The molecule has 0 radical (unpaired) electrons. The van der Waals surface area contributed by atoms with Gasteiger partial charge in [-0.05, 0) is 48.0 Å². The van der Waals surface area contributed by atoms with E-state index < -0.39 is 0 Å². The van der Waals surface area contributed by atoms with E-state index in [-0.39, 0.29) is 23.5 Å². The van der Waals surface area contributed by atoms with Crippen LogP contribution in [0, 0.1) is 0 Å². The molecule has 1 aliphatic rings. The van der Waals surface area contributed by atoms with Crippen LogP contribution in [0.3, 0.4) is 0 Å². The number of nitrogens with zero attached hydrogens (tertiary/aromatic N) is 2. The van der Waals surface area contributed by atoms with E-state index in [0.29, 0.717) is 11.3 Å². The number of para-hydroxylation sites is 1. The number of rotatable bonds is 3. The first kappa shape index (κ1) is 19.6. The lowest BCUT2D eigenvalue weighted by molar-refractivity contribution is -0.113. The molecule has 0 aromatic heterocycles. The van der Waals surface area contributed by atoms with Crippen LogP contribution in [-0.4, -0.2) is 17.8 Å². The van der Waals surface area contributed by atoms with E-state index in [1.807, 2.05) is 48.5 Å². The molecule has 0 bridgehead atoms. The highest BCUT2D eigenvalue weighted by molar-refractivity contribution is 9.10. The second-order valence-corrected chi connectivity index (χ2v) is 7.35. The molecule has 30 heavy (non-hydrogen) atoms. The molecule has 0 aliphatic carbocycles. The fraction of sp³-hybridized carbons (Fsp3) is 0. The van der Waals surface area contributed by atoms with Gasteiger partial charge in [0.2, 0.25) is 5.96 Å². The minimum atomic E-state index is -0.342. The van der Waals surface area contributed by atoms with Crippen molar-refractivity contribution in [1.29, 1.82) is 0 Å². The Morgan fingerprint density at radius 1 is 0.900 bits per heavy atom. The molecule has 2 N–H and O–H groups in total. The van der Waals surface area contributed by atoms with Crippen molar-refractivity contribution in [3.05, 3.63) is 106 Å². The lowest BCUT2D eigenvalue weighted by Crippen LogP contribution is -2.49. The number of aliphatic imine (C=N–C) groups is 1. The van der Waals surface area contributed by atoms with Gasteiger partial charge in [-0.1, -0.05) is 64.5 Å². The molecule has 0 atom stereocenters. The number of carbonyl (C=O) groups is 2. The number of halogens is 1. The normalized spacial score (nSPS) is 14.6. The average Bonchev–Trinajstić information content (AvgIpc) is 3.09. The Morgan fingerprint density at radius 2 is 1.53 bits per heavy atom. The molecule has 2 amide bonds. The van der Waals surface area contributed by atoms with Gasteiger partial charge in [0.1, 0.15) is 5.70 Å². The van der Waals surface area contributed by atoms with Crippen LogP contribution < -0.4 is 15.8 Å². The van der Waals surface area contributed by atoms with Crippen molar-refractivity contribution >= 4 is 45.5 Å². The SMILES string of the molecule is O=C(NNC1=NC(=Cc2ccccc2)C(=O)N1c1ccccc1)c1ccc(Br)cc1. The molecule has 1 aliphatic heterocycles. The van der Waals surface area contributed by atoms with Crippen molar-refractivity contribution < 1.29 is 9.59 Å². The number of carbonyl (C=O) groups excluding carboxylic acids is 2. The van der Waals surface area contributed by atoms with Gasteiger partial charge < -0.3 is 0 Å². The zero-order chi connectivity index (χ0) is 20.9. The number of anilines is 1. The maximum Gasteiger partial charge on any atom is 0.283 e. The van der Waals surface area contributed by atoms with Crippen molar-refractivity contribution in [2.24, 2.45) is 4.99 Å². The van der Waals surface area contributed by atoms with Crippen molar-refractivity contribution in [2.75, 3.05) is 4.90 Å². The molecule has 7 heteroatoms. The Hall–Kier alpha value is -3.71. The van der Waals surface area contributed by atoms with Crippen molar-refractivity contribution in [1.82, 2.24) is 10.9 Å². The summed E-state index contributed by atoms with van der Waals surface area (Å²) in [6.07, 6.45) is 1.71. The zero-order valence-electron chi connectivity index (χ0n) is 15.7. The molecule has 3 aromatic carbocycles. The molecule has 3 aromatic rings. The molecule has 1 heterocycles. The van der Waals surface area contributed by atoms with Crippen LogP contribution in [-0.2, 0) is 4.79 Å². The molecule has 6 nitrogen and oxygen atoms in total. The van der Waals surface area contributed by atoms with E-state index in [4.69, 9.17) is 0 Å². The van der Waals surface area contributed by atoms with E-state index >= 15 is 0 Å². The van der Waals surface area contributed by atoms with E-state index in [2.05, 4.69) is 31.8 Å². The minimum Gasteiger partial charge on any atom is -0.267 e. The van der Waals surface area contributed by atoms with Crippen LogP contribution in [0.5, 0.6) is 0 Å². The van der Waals surface area contributed by atoms with Gasteiger partial charge >= 0.3 is 0 Å². The Balaban J connectivity index is 1.60. The topological polar surface area (TPSA) is 73.8 Å². The smallest absolute Gasteiger partial charge is 0.267 e. The summed E-state index contributed by atoms with van der Waals surface area (Å²) in [6.45, 7) is 0. The second kappa shape index (κ2) is 8.75. The van der Waals surface area contributed by atoms with E-state index in [9.17, 15) is 9.59 Å². The van der Waals surface area contributed by atoms with Gasteiger partial charge in [0, 0.05) is 10.0 Å². The molecule has 4 rings (SSSR count). The van der Waals surface area contributed by atoms with Crippen LogP contribution in [0.2, 0.25) is 0 Å². The van der Waals surface area contributed by atoms with Crippen LogP contribution in [0.15, 0.2) is 100 Å². The summed E-state index contributed by atoms with van der Waals surface area (Å²) in [6, 6.07) is 25.6. The summed E-state index contributed by atoms with van der Waals surface area (Å²) in [4.78, 5) is 31.4. The Morgan fingerprint density at radius 3 is 2.20 bits per heavy atom. The summed E-state index contributed by atoms with van der Waals surface area (Å²) in [7, 11) is 0. The zero-order valence-corrected chi connectivity index (χ0v) is 17.3. The monoisotopic (exact) mass is 460 g/mol. The number of amides is 2. The van der Waals surface area contributed by atoms with Crippen LogP contribution in [0.25, 0.3) is 6.08 Å². The summed E-state index contributed by atoms with van der Waals surface area (Å²) < 4.78 is 0.878. The average molecular weight is 461 g/mol. The first-order valence-electron chi connectivity index (χ1n) is 9.19. The molecule has 0 fully saturated rings. The van der Waals surface area contributed by atoms with Gasteiger partial charge in [-0.3, -0.25) is 20.4 Å². The first-order chi connectivity index (χ1) is 14.6. The first-order valence-corrected chi connectivity index (χ1v) is 9.98. The molecular formula is C23H17BrN4O2. The predicted molar refractivity (Wildman–Crippen MR) is 121 cm³/mol. The second-order valence-electron chi connectivity index (χ2n) is 6.44. The molecule has 148 valence electrons. The lowest BCUT2D eigenvalue weighted by atomic mass is 10.2. The van der Waals surface area contributed by atoms with Crippen molar-refractivity contribution in [2.45, 2.75) is 0 Å². The summed E-state index contributed by atoms with van der Waals surface area (Å²) in [5.74, 6) is -0.407. The lowest BCUT2D eigenvalue weighted by Gasteiger charge is -2.19. The Bertz CT molecular complexity index is 1130. The molecule has 0 unspecified atom stereocenters. The Kier molecular flexibility index (Phi) is 5.72. The number of nitrogens with one attached hydrogen (secondary N) is 2. The Labute approximate surface area is 182 Å². The van der Waals surface area contributed by atoms with Gasteiger partial charge in [-0.15, -0.1) is 0 Å². The summed E-state index contributed by atoms with van der Waals surface area (Å²) in [5.41, 5.74) is 7.64. The highest BCUT2D eigenvalue weighted by atomic mass is 79.9. The van der Waals surface area contributed by atoms with E-state index in [1.165, 1.54) is 4.90 Å². The fourth-order valence-electron chi connectivity index (χ4n) is 2.91. The summed E-state index contributed by atoms with van der Waals surface area (Å²) >= 11 is 3.34. The fourth-order valence-corrected chi connectivity index (χ4v) is 3.17. The maximum absolute atomic E-state index is 13.1. The third kappa shape index (κ3) is 4.31. The molecule has 0 saturated heterocycles. The van der Waals surface area contributed by atoms with Crippen LogP contribution >= 0.6 is 15.9 Å². The van der Waals surface area contributed by atoms with Crippen LogP contribution in [0.1, 0.15) is 15.9 Å². The number of benzene rings is 3. The molecular weight excluding hydrogens is 444 g/mol. The van der Waals surface area contributed by atoms with Gasteiger partial charge in [0.25, 0.3) is 11.8 Å².